The number of nitrogens with zero attached hydrogens (tertiary/aromatic N) is 1. The van der Waals surface area contributed by atoms with Crippen LogP contribution in [0.1, 0.15) is 19.8 Å². The second-order valence-electron chi connectivity index (χ2n) is 3.59. The minimum atomic E-state index is 0.206. The van der Waals surface area contributed by atoms with Gasteiger partial charge in [0.15, 0.2) is 10.2 Å². The molecule has 1 aliphatic rings. The molecule has 0 aromatic carbocycles. The lowest BCUT2D eigenvalue weighted by Gasteiger charge is -2.32. The fourth-order valence-electron chi connectivity index (χ4n) is 1.41. The van der Waals surface area contributed by atoms with Crippen molar-refractivity contribution >= 4 is 34.7 Å². The van der Waals surface area contributed by atoms with Crippen molar-refractivity contribution in [2.75, 3.05) is 13.1 Å². The molecule has 1 aliphatic heterocycles. The third kappa shape index (κ3) is 3.63. The number of thiocarbonyl (C=S) groups is 2. The standard InChI is InChI=1S/C8H16N4S2/c1-6-2-4-12(5-3-6)8(14)11-10-7(9)13/h6H,2-5H2,1H3,(H,11,14)(H3,9,10,13). The highest BCUT2D eigenvalue weighted by molar-refractivity contribution is 7.80. The largest absolute Gasteiger partial charge is 0.375 e. The van der Waals surface area contributed by atoms with Crippen molar-refractivity contribution in [3.05, 3.63) is 0 Å². The molecule has 6 heteroatoms. The van der Waals surface area contributed by atoms with Crippen LogP contribution in [0.5, 0.6) is 0 Å². The highest BCUT2D eigenvalue weighted by Gasteiger charge is 2.17. The van der Waals surface area contributed by atoms with Crippen LogP contribution in [0.15, 0.2) is 0 Å². The minimum absolute atomic E-state index is 0.206. The normalized spacial score (nSPS) is 17.6. The molecule has 0 aromatic heterocycles. The molecule has 4 N–H and O–H groups in total. The number of hydrogen-bond acceptors (Lipinski definition) is 2. The van der Waals surface area contributed by atoms with Crippen LogP contribution in [0.4, 0.5) is 0 Å². The molecular weight excluding hydrogens is 216 g/mol. The van der Waals surface area contributed by atoms with Crippen LogP contribution >= 0.6 is 24.4 Å². The first-order valence-electron chi connectivity index (χ1n) is 4.70. The number of nitrogens with two attached hydrogens (primary N) is 1. The van der Waals surface area contributed by atoms with E-state index in [0.717, 1.165) is 19.0 Å². The van der Waals surface area contributed by atoms with Crippen LogP contribution in [0.3, 0.4) is 0 Å². The van der Waals surface area contributed by atoms with Crippen LogP contribution in [0, 0.1) is 5.92 Å². The SMILES string of the molecule is CC1CCN(C(=S)NNC(N)=S)CC1. The summed E-state index contributed by atoms with van der Waals surface area (Å²) in [5.74, 6) is 0.803. The van der Waals surface area contributed by atoms with Gasteiger partial charge in [0.2, 0.25) is 0 Å². The Labute approximate surface area is 95.2 Å². The zero-order valence-corrected chi connectivity index (χ0v) is 9.88. The number of piperidine rings is 1. The van der Waals surface area contributed by atoms with Crippen LogP contribution in [0.25, 0.3) is 0 Å². The minimum Gasteiger partial charge on any atom is -0.375 e. The lowest BCUT2D eigenvalue weighted by molar-refractivity contribution is 0.277. The summed E-state index contributed by atoms with van der Waals surface area (Å²) in [4.78, 5) is 2.13. The molecule has 1 heterocycles. The number of hydrogen-bond donors (Lipinski definition) is 3. The molecule has 4 nitrogen and oxygen atoms in total. The van der Waals surface area contributed by atoms with E-state index in [4.69, 9.17) is 18.0 Å². The molecule has 0 saturated carbocycles. The van der Waals surface area contributed by atoms with Gasteiger partial charge in [-0.3, -0.25) is 10.9 Å². The molecule has 0 aliphatic carbocycles. The molecular formula is C8H16N4S2. The van der Waals surface area contributed by atoms with Crippen molar-refractivity contribution < 1.29 is 0 Å². The van der Waals surface area contributed by atoms with Crippen LogP contribution in [0.2, 0.25) is 0 Å². The Morgan fingerprint density at radius 2 is 1.86 bits per heavy atom. The maximum atomic E-state index is 5.27. The molecule has 0 spiro atoms. The summed E-state index contributed by atoms with van der Waals surface area (Å²) in [7, 11) is 0. The molecule has 14 heavy (non-hydrogen) atoms. The van der Waals surface area contributed by atoms with Crippen molar-refractivity contribution in [2.45, 2.75) is 19.8 Å². The van der Waals surface area contributed by atoms with E-state index in [2.05, 4.69) is 34.9 Å². The molecule has 0 amide bonds. The van der Waals surface area contributed by atoms with Gasteiger partial charge in [-0.1, -0.05) is 6.92 Å². The van der Waals surface area contributed by atoms with Crippen molar-refractivity contribution in [2.24, 2.45) is 11.7 Å². The maximum absolute atomic E-state index is 5.27. The highest BCUT2D eigenvalue weighted by Crippen LogP contribution is 2.15. The monoisotopic (exact) mass is 232 g/mol. The zero-order chi connectivity index (χ0) is 10.6. The van der Waals surface area contributed by atoms with Crippen molar-refractivity contribution in [3.63, 3.8) is 0 Å². The predicted octanol–water partition coefficient (Wildman–Crippen LogP) is 0.341. The first kappa shape index (κ1) is 11.5. The quantitative estimate of drug-likeness (QED) is 0.414. The van der Waals surface area contributed by atoms with E-state index in [9.17, 15) is 0 Å². The average molecular weight is 232 g/mol. The summed E-state index contributed by atoms with van der Waals surface area (Å²) in [6.07, 6.45) is 2.38. The van der Waals surface area contributed by atoms with E-state index in [1.165, 1.54) is 12.8 Å². The molecule has 0 atom stereocenters. The lowest BCUT2D eigenvalue weighted by atomic mass is 10.00. The van der Waals surface area contributed by atoms with E-state index in [1.54, 1.807) is 0 Å². The van der Waals surface area contributed by atoms with Gasteiger partial charge < -0.3 is 10.6 Å². The third-order valence-corrected chi connectivity index (χ3v) is 2.83. The van der Waals surface area contributed by atoms with Gasteiger partial charge in [0.25, 0.3) is 0 Å². The van der Waals surface area contributed by atoms with Crippen LogP contribution < -0.4 is 16.6 Å². The molecule has 0 bridgehead atoms. The number of hydrazine groups is 1. The predicted molar refractivity (Wildman–Crippen MR) is 65.6 cm³/mol. The van der Waals surface area contributed by atoms with Gasteiger partial charge in [-0.05, 0) is 43.2 Å². The van der Waals surface area contributed by atoms with Crippen LogP contribution in [-0.4, -0.2) is 28.2 Å². The van der Waals surface area contributed by atoms with Crippen molar-refractivity contribution in [1.29, 1.82) is 0 Å². The van der Waals surface area contributed by atoms with E-state index in [-0.39, 0.29) is 5.11 Å². The first-order chi connectivity index (χ1) is 6.59. The smallest absolute Gasteiger partial charge is 0.187 e. The van der Waals surface area contributed by atoms with Crippen LogP contribution in [-0.2, 0) is 0 Å². The Morgan fingerprint density at radius 3 is 2.36 bits per heavy atom. The maximum Gasteiger partial charge on any atom is 0.187 e. The van der Waals surface area contributed by atoms with Gasteiger partial charge in [-0.15, -0.1) is 0 Å². The third-order valence-electron chi connectivity index (χ3n) is 2.36. The number of likely N-dealkylation sites (tertiary alicyclic amines) is 1. The zero-order valence-electron chi connectivity index (χ0n) is 8.25. The summed E-state index contributed by atoms with van der Waals surface area (Å²) in [5.41, 5.74) is 10.7. The molecule has 1 fully saturated rings. The van der Waals surface area contributed by atoms with Gasteiger partial charge in [-0.2, -0.15) is 0 Å². The average Bonchev–Trinajstić information content (AvgIpc) is 2.15. The van der Waals surface area contributed by atoms with Crippen molar-refractivity contribution in [3.8, 4) is 0 Å². The Balaban J connectivity index is 2.27. The fraction of sp³-hybridized carbons (Fsp3) is 0.750. The lowest BCUT2D eigenvalue weighted by Crippen LogP contribution is -2.51. The Hall–Kier alpha value is -0.620. The molecule has 1 saturated heterocycles. The molecule has 0 aromatic rings. The first-order valence-corrected chi connectivity index (χ1v) is 5.51. The molecule has 80 valence electrons. The number of nitrogens with one attached hydrogen (secondary N) is 2. The summed E-state index contributed by atoms with van der Waals surface area (Å²) in [6, 6.07) is 0. The summed E-state index contributed by atoms with van der Waals surface area (Å²) >= 11 is 9.83. The van der Waals surface area contributed by atoms with Gasteiger partial charge >= 0.3 is 0 Å². The molecule has 0 unspecified atom stereocenters. The second-order valence-corrected chi connectivity index (χ2v) is 4.42. The summed E-state index contributed by atoms with van der Waals surface area (Å²) in [6.45, 7) is 4.28. The summed E-state index contributed by atoms with van der Waals surface area (Å²) < 4.78 is 0. The van der Waals surface area contributed by atoms with E-state index in [0.29, 0.717) is 5.11 Å². The van der Waals surface area contributed by atoms with Gasteiger partial charge in [0.05, 0.1) is 0 Å². The van der Waals surface area contributed by atoms with E-state index >= 15 is 0 Å². The molecule has 0 radical (unpaired) electrons. The summed E-state index contributed by atoms with van der Waals surface area (Å²) in [5, 5.41) is 0.877. The Kier molecular flexibility index (Phi) is 4.34. The Morgan fingerprint density at radius 1 is 1.29 bits per heavy atom. The van der Waals surface area contributed by atoms with Gasteiger partial charge in [-0.25, -0.2) is 0 Å². The van der Waals surface area contributed by atoms with Gasteiger partial charge in [0, 0.05) is 13.1 Å². The second kappa shape index (κ2) is 5.31. The van der Waals surface area contributed by atoms with E-state index < -0.39 is 0 Å². The fourth-order valence-corrected chi connectivity index (χ4v) is 1.69. The van der Waals surface area contributed by atoms with Crippen molar-refractivity contribution in [1.82, 2.24) is 15.8 Å². The van der Waals surface area contributed by atoms with E-state index in [1.807, 2.05) is 0 Å². The van der Waals surface area contributed by atoms with Gasteiger partial charge in [0.1, 0.15) is 0 Å². The Bertz CT molecular complexity index is 223. The topological polar surface area (TPSA) is 53.3 Å². The molecule has 1 rings (SSSR count). The number of rotatable bonds is 0. The highest BCUT2D eigenvalue weighted by atomic mass is 32.1.